The Bertz CT molecular complexity index is 572. The Kier molecular flexibility index (Phi) is 6.85. The molecular weight excluding hydrogens is 362 g/mol. The smallest absolute Gasteiger partial charge is 0.254 e. The van der Waals surface area contributed by atoms with Gasteiger partial charge in [0.15, 0.2) is 11.5 Å². The normalized spacial score (nSPS) is 15.7. The molecular formula is C16H22BrN3O3. The molecule has 2 rings (SSSR count). The van der Waals surface area contributed by atoms with Crippen molar-refractivity contribution < 1.29 is 14.6 Å². The van der Waals surface area contributed by atoms with Gasteiger partial charge in [-0.05, 0) is 46.5 Å². The molecule has 0 unspecified atom stereocenters. The monoisotopic (exact) mass is 383 g/mol. The van der Waals surface area contributed by atoms with Crippen LogP contribution >= 0.6 is 15.9 Å². The number of hydrogen-bond acceptors (Lipinski definition) is 5. The van der Waals surface area contributed by atoms with Crippen molar-refractivity contribution in [3.05, 3.63) is 22.2 Å². The second-order valence-electron chi connectivity index (χ2n) is 5.56. The van der Waals surface area contributed by atoms with Crippen molar-refractivity contribution in [1.82, 2.24) is 10.7 Å². The molecule has 23 heavy (non-hydrogen) atoms. The summed E-state index contributed by atoms with van der Waals surface area (Å²) >= 11 is 3.24. The van der Waals surface area contributed by atoms with Crippen molar-refractivity contribution >= 4 is 28.1 Å². The molecule has 0 aromatic heterocycles. The van der Waals surface area contributed by atoms with Crippen LogP contribution in [0.5, 0.6) is 11.5 Å². The van der Waals surface area contributed by atoms with Crippen molar-refractivity contribution in [2.75, 3.05) is 13.7 Å². The van der Waals surface area contributed by atoms with Crippen LogP contribution in [0.25, 0.3) is 0 Å². The number of aromatic hydroxyl groups is 1. The standard InChI is InChI=1S/C16H22BrN3O3/c1-23-14-8-11(7-13(17)16(14)22)9-19-20-15(21)10-18-12-5-3-2-4-6-12/h7-9,12,18,22H,2-6,10H2,1H3,(H,20,21)/b19-9-. The third-order valence-electron chi connectivity index (χ3n) is 3.83. The van der Waals surface area contributed by atoms with Crippen LogP contribution in [0.4, 0.5) is 0 Å². The summed E-state index contributed by atoms with van der Waals surface area (Å²) < 4.78 is 5.56. The Hall–Kier alpha value is -1.60. The number of hydrogen-bond donors (Lipinski definition) is 3. The fraction of sp³-hybridized carbons (Fsp3) is 0.500. The van der Waals surface area contributed by atoms with Gasteiger partial charge in [-0.15, -0.1) is 0 Å². The molecule has 1 fully saturated rings. The fourth-order valence-corrected chi connectivity index (χ4v) is 3.05. The van der Waals surface area contributed by atoms with E-state index in [1.165, 1.54) is 32.6 Å². The number of hydrazone groups is 1. The van der Waals surface area contributed by atoms with E-state index in [4.69, 9.17) is 4.74 Å². The highest BCUT2D eigenvalue weighted by atomic mass is 79.9. The van der Waals surface area contributed by atoms with Gasteiger partial charge >= 0.3 is 0 Å². The van der Waals surface area contributed by atoms with Gasteiger partial charge in [0.2, 0.25) is 0 Å². The molecule has 0 bridgehead atoms. The minimum atomic E-state index is -0.170. The molecule has 1 aromatic carbocycles. The number of carbonyl (C=O) groups excluding carboxylic acids is 1. The van der Waals surface area contributed by atoms with Gasteiger partial charge in [-0.25, -0.2) is 5.43 Å². The molecule has 0 atom stereocenters. The lowest BCUT2D eigenvalue weighted by molar-refractivity contribution is -0.120. The molecule has 3 N–H and O–H groups in total. The lowest BCUT2D eigenvalue weighted by Gasteiger charge is -2.22. The average molecular weight is 384 g/mol. The zero-order chi connectivity index (χ0) is 16.7. The van der Waals surface area contributed by atoms with E-state index < -0.39 is 0 Å². The number of phenolic OH excluding ortho intramolecular Hbond substituents is 1. The third kappa shape index (κ3) is 5.51. The second kappa shape index (κ2) is 8.88. The minimum Gasteiger partial charge on any atom is -0.503 e. The summed E-state index contributed by atoms with van der Waals surface area (Å²) in [6.07, 6.45) is 7.53. The first-order valence-corrected chi connectivity index (χ1v) is 8.51. The van der Waals surface area contributed by atoms with Gasteiger partial charge in [0, 0.05) is 6.04 Å². The molecule has 1 aromatic rings. The minimum absolute atomic E-state index is 0.0327. The molecule has 0 heterocycles. The zero-order valence-corrected chi connectivity index (χ0v) is 14.7. The predicted octanol–water partition coefficient (Wildman–Crippen LogP) is 2.54. The number of nitrogens with one attached hydrogen (secondary N) is 2. The van der Waals surface area contributed by atoms with E-state index in [0.717, 1.165) is 12.8 Å². The number of ether oxygens (including phenoxy) is 1. The van der Waals surface area contributed by atoms with Crippen LogP contribution in [-0.2, 0) is 4.79 Å². The number of phenols is 1. The maximum Gasteiger partial charge on any atom is 0.254 e. The Morgan fingerprint density at radius 2 is 2.17 bits per heavy atom. The molecule has 126 valence electrons. The van der Waals surface area contributed by atoms with Crippen LogP contribution in [-0.4, -0.2) is 36.9 Å². The van der Waals surface area contributed by atoms with E-state index in [1.807, 2.05) is 0 Å². The van der Waals surface area contributed by atoms with Gasteiger partial charge in [0.05, 0.1) is 24.3 Å². The summed E-state index contributed by atoms with van der Waals surface area (Å²) in [7, 11) is 1.47. The quantitative estimate of drug-likeness (QED) is 0.520. The van der Waals surface area contributed by atoms with Gasteiger partial charge < -0.3 is 15.2 Å². The molecule has 1 aliphatic rings. The van der Waals surface area contributed by atoms with Crippen molar-refractivity contribution in [3.63, 3.8) is 0 Å². The van der Waals surface area contributed by atoms with E-state index in [1.54, 1.807) is 12.1 Å². The van der Waals surface area contributed by atoms with E-state index >= 15 is 0 Å². The van der Waals surface area contributed by atoms with Gasteiger partial charge in [-0.3, -0.25) is 4.79 Å². The van der Waals surface area contributed by atoms with E-state index in [9.17, 15) is 9.90 Å². The first-order valence-electron chi connectivity index (χ1n) is 7.72. The number of benzene rings is 1. The van der Waals surface area contributed by atoms with Gasteiger partial charge in [0.25, 0.3) is 5.91 Å². The summed E-state index contributed by atoms with van der Waals surface area (Å²) in [6, 6.07) is 3.76. The highest BCUT2D eigenvalue weighted by Gasteiger charge is 2.13. The maximum atomic E-state index is 11.8. The molecule has 1 aliphatic carbocycles. The molecule has 0 aliphatic heterocycles. The number of amides is 1. The van der Waals surface area contributed by atoms with E-state index in [2.05, 4.69) is 31.8 Å². The van der Waals surface area contributed by atoms with E-state index in [0.29, 0.717) is 21.8 Å². The van der Waals surface area contributed by atoms with Gasteiger partial charge in [-0.1, -0.05) is 19.3 Å². The summed E-state index contributed by atoms with van der Waals surface area (Å²) in [6.45, 7) is 0.268. The number of nitrogens with zero attached hydrogens (tertiary/aromatic N) is 1. The molecule has 1 amide bonds. The van der Waals surface area contributed by atoms with Crippen molar-refractivity contribution in [1.29, 1.82) is 0 Å². The molecule has 0 radical (unpaired) electrons. The molecule has 6 nitrogen and oxygen atoms in total. The number of carbonyl (C=O) groups is 1. The zero-order valence-electron chi connectivity index (χ0n) is 13.1. The Morgan fingerprint density at radius 1 is 1.43 bits per heavy atom. The lowest BCUT2D eigenvalue weighted by Crippen LogP contribution is -2.38. The number of halogens is 1. The molecule has 0 spiro atoms. The Morgan fingerprint density at radius 3 is 2.87 bits per heavy atom. The van der Waals surface area contributed by atoms with Crippen molar-refractivity contribution in [2.45, 2.75) is 38.1 Å². The lowest BCUT2D eigenvalue weighted by atomic mass is 9.95. The van der Waals surface area contributed by atoms with Crippen molar-refractivity contribution in [3.8, 4) is 11.5 Å². The summed E-state index contributed by atoms with van der Waals surface area (Å²) in [5.41, 5.74) is 3.19. The average Bonchev–Trinajstić information content (AvgIpc) is 2.57. The number of methoxy groups -OCH3 is 1. The van der Waals surface area contributed by atoms with Crippen LogP contribution in [0.3, 0.4) is 0 Å². The van der Waals surface area contributed by atoms with Crippen LogP contribution in [0.1, 0.15) is 37.7 Å². The SMILES string of the molecule is COc1cc(/C=N\NC(=O)CNC2CCCCC2)cc(Br)c1O. The first-order chi connectivity index (χ1) is 11.1. The Balaban J connectivity index is 1.81. The largest absolute Gasteiger partial charge is 0.503 e. The predicted molar refractivity (Wildman–Crippen MR) is 93.0 cm³/mol. The van der Waals surface area contributed by atoms with Gasteiger partial charge in [-0.2, -0.15) is 5.10 Å². The Labute approximate surface area is 144 Å². The van der Waals surface area contributed by atoms with Crippen LogP contribution < -0.4 is 15.5 Å². The summed E-state index contributed by atoms with van der Waals surface area (Å²) in [5.74, 6) is 0.202. The molecule has 0 saturated heterocycles. The first kappa shape index (κ1) is 17.7. The topological polar surface area (TPSA) is 83.0 Å². The van der Waals surface area contributed by atoms with Crippen molar-refractivity contribution in [2.24, 2.45) is 5.10 Å². The summed E-state index contributed by atoms with van der Waals surface area (Å²) in [5, 5.41) is 16.9. The van der Waals surface area contributed by atoms with Crippen LogP contribution in [0.2, 0.25) is 0 Å². The highest BCUT2D eigenvalue weighted by Crippen LogP contribution is 2.34. The number of rotatable bonds is 6. The second-order valence-corrected chi connectivity index (χ2v) is 6.42. The third-order valence-corrected chi connectivity index (χ3v) is 4.43. The van der Waals surface area contributed by atoms with Crippen LogP contribution in [0, 0.1) is 0 Å². The molecule has 1 saturated carbocycles. The van der Waals surface area contributed by atoms with Gasteiger partial charge in [0.1, 0.15) is 0 Å². The fourth-order valence-electron chi connectivity index (χ4n) is 2.59. The highest BCUT2D eigenvalue weighted by molar-refractivity contribution is 9.10. The molecule has 7 heteroatoms. The maximum absolute atomic E-state index is 11.8. The van der Waals surface area contributed by atoms with E-state index in [-0.39, 0.29) is 18.2 Å². The van der Waals surface area contributed by atoms with Crippen LogP contribution in [0.15, 0.2) is 21.7 Å². The summed E-state index contributed by atoms with van der Waals surface area (Å²) in [4.78, 5) is 11.8.